The van der Waals surface area contributed by atoms with Crippen LogP contribution in [0.25, 0.3) is 6.08 Å². The number of hydrogen-bond donors (Lipinski definition) is 1. The molecule has 13 nitrogen and oxygen atoms in total. The Morgan fingerprint density at radius 3 is 1.95 bits per heavy atom. The molecule has 5 rings (SSSR count). The summed E-state index contributed by atoms with van der Waals surface area (Å²) in [6.45, 7) is 14.7. The number of halogens is 2. The number of nitrogens with zero attached hydrogens (tertiary/aromatic N) is 1. The monoisotopic (exact) mass is 879 g/mol. The molecule has 2 saturated heterocycles. The van der Waals surface area contributed by atoms with Crippen LogP contribution in [-0.4, -0.2) is 80.3 Å². The molecule has 8 atom stereocenters. The number of esters is 4. The first-order valence-corrected chi connectivity index (χ1v) is 23.3. The van der Waals surface area contributed by atoms with Crippen molar-refractivity contribution in [3.05, 3.63) is 101 Å². The van der Waals surface area contributed by atoms with Gasteiger partial charge in [-0.2, -0.15) is 0 Å². The van der Waals surface area contributed by atoms with Gasteiger partial charge in [-0.1, -0.05) is 57.2 Å². The van der Waals surface area contributed by atoms with Gasteiger partial charge in [0.2, 0.25) is 14.2 Å². The van der Waals surface area contributed by atoms with E-state index >= 15 is 0 Å². The van der Waals surface area contributed by atoms with Crippen molar-refractivity contribution >= 4 is 49.9 Å². The molecule has 16 heteroatoms. The van der Waals surface area contributed by atoms with Crippen molar-refractivity contribution in [2.75, 3.05) is 11.5 Å². The number of anilines is 1. The van der Waals surface area contributed by atoms with Gasteiger partial charge in [0.05, 0.1) is 18.1 Å². The third-order valence-electron chi connectivity index (χ3n) is 11.4. The van der Waals surface area contributed by atoms with Crippen molar-refractivity contribution in [3.63, 3.8) is 0 Å². The van der Waals surface area contributed by atoms with Gasteiger partial charge in [0.1, 0.15) is 36.2 Å². The number of β-lactam (4-membered cyclic amide) rings is 1. The van der Waals surface area contributed by atoms with Gasteiger partial charge in [-0.3, -0.25) is 24.0 Å². The van der Waals surface area contributed by atoms with Gasteiger partial charge >= 0.3 is 23.9 Å². The summed E-state index contributed by atoms with van der Waals surface area (Å²) in [7, 11) is -2.59. The number of aliphatic hydroxyl groups excluding tert-OH is 1. The minimum absolute atomic E-state index is 0.199. The summed E-state index contributed by atoms with van der Waals surface area (Å²) in [6.07, 6.45) is -3.45. The van der Waals surface area contributed by atoms with Crippen molar-refractivity contribution < 1.29 is 66.0 Å². The Morgan fingerprint density at radius 2 is 1.39 bits per heavy atom. The molecule has 1 N–H and O–H groups in total. The predicted molar refractivity (Wildman–Crippen MR) is 226 cm³/mol. The van der Waals surface area contributed by atoms with E-state index in [1.807, 2.05) is 12.1 Å². The van der Waals surface area contributed by atoms with E-state index in [2.05, 4.69) is 33.9 Å². The standard InChI is InChI=1S/C46H55F2NO12Si/c1-26(50)56-25-40-43(58-28(3)52)44(59-29(4)53)42(57-27(2)51)38(60-40)23-11-30-10-20-35(39(24-30)61-62(8,9)46(5,6)7)41-36(21-22-37(54)31-12-14-32(47)15-13-31)45(55)49(41)34-18-16-33(48)17-19-34/h10-20,23-24,36-38,40-44,54H,21-22,25H2,1-9H3/t36-,37+,38+,40?,41-,42?,43-,44-/m1/s1. The van der Waals surface area contributed by atoms with Crippen LogP contribution in [0.4, 0.5) is 14.5 Å². The average Bonchev–Trinajstić information content (AvgIpc) is 3.17. The molecular weight excluding hydrogens is 825 g/mol. The molecule has 62 heavy (non-hydrogen) atoms. The van der Waals surface area contributed by atoms with Crippen LogP contribution < -0.4 is 9.33 Å². The highest BCUT2D eigenvalue weighted by atomic mass is 28.4. The molecule has 334 valence electrons. The van der Waals surface area contributed by atoms with Gasteiger partial charge in [0, 0.05) is 38.9 Å². The Bertz CT molecular complexity index is 2140. The highest BCUT2D eigenvalue weighted by Crippen LogP contribution is 2.50. The van der Waals surface area contributed by atoms with Gasteiger partial charge in [-0.05, 0) is 84.6 Å². The molecule has 1 amide bonds. The number of carbonyl (C=O) groups excluding carboxylic acids is 5. The van der Waals surface area contributed by atoms with Crippen LogP contribution in [-0.2, 0) is 47.7 Å². The van der Waals surface area contributed by atoms with Crippen LogP contribution >= 0.6 is 0 Å². The minimum atomic E-state index is -2.59. The SMILES string of the molecule is CC(=O)OCC1O[C@@H](C=Cc2ccc([C@@H]3[C@@H](CC[C@H](O)c4ccc(F)cc4)C(=O)N3c3ccc(F)cc3)c(O[Si](C)(C)C(C)(C)C)c2)C(OC(C)=O)[C@@H](OC(C)=O)[C@@H]1OC(C)=O. The summed E-state index contributed by atoms with van der Waals surface area (Å²) >= 11 is 0. The zero-order chi connectivity index (χ0) is 45.7. The van der Waals surface area contributed by atoms with Crippen LogP contribution in [0, 0.1) is 17.6 Å². The molecule has 3 aromatic rings. The third kappa shape index (κ3) is 11.5. The lowest BCUT2D eigenvalue weighted by molar-refractivity contribution is -0.244. The van der Waals surface area contributed by atoms with E-state index in [0.29, 0.717) is 28.1 Å². The normalized spacial score (nSPS) is 23.3. The van der Waals surface area contributed by atoms with E-state index in [-0.39, 0.29) is 30.4 Å². The molecule has 0 aromatic heterocycles. The van der Waals surface area contributed by atoms with Crippen LogP contribution in [0.15, 0.2) is 72.8 Å². The highest BCUT2D eigenvalue weighted by Gasteiger charge is 2.52. The second-order valence-corrected chi connectivity index (χ2v) is 21.8. The van der Waals surface area contributed by atoms with E-state index in [9.17, 15) is 37.9 Å². The first-order chi connectivity index (χ1) is 29.1. The quantitative estimate of drug-likeness (QED) is 0.0686. The summed E-state index contributed by atoms with van der Waals surface area (Å²) < 4.78 is 63.0. The zero-order valence-electron chi connectivity index (χ0n) is 36.4. The molecule has 0 aliphatic carbocycles. The molecule has 2 unspecified atom stereocenters. The Labute approximate surface area is 361 Å². The average molecular weight is 880 g/mol. The van der Waals surface area contributed by atoms with E-state index in [1.165, 1.54) is 55.5 Å². The number of benzene rings is 3. The maximum atomic E-state index is 14.1. The minimum Gasteiger partial charge on any atom is -0.543 e. The fraction of sp³-hybridized carbons (Fsp3) is 0.457. The Morgan fingerprint density at radius 1 is 0.823 bits per heavy atom. The second kappa shape index (κ2) is 19.7. The van der Waals surface area contributed by atoms with Crippen LogP contribution in [0.2, 0.25) is 18.1 Å². The van der Waals surface area contributed by atoms with Gasteiger partial charge in [-0.15, -0.1) is 0 Å². The number of ether oxygens (including phenoxy) is 5. The molecule has 2 heterocycles. The summed E-state index contributed by atoms with van der Waals surface area (Å²) in [4.78, 5) is 64.5. The molecule has 3 aromatic carbocycles. The molecule has 2 fully saturated rings. The third-order valence-corrected chi connectivity index (χ3v) is 15.7. The molecule has 0 saturated carbocycles. The maximum absolute atomic E-state index is 14.1. The summed E-state index contributed by atoms with van der Waals surface area (Å²) in [5.74, 6) is -4.13. The lowest BCUT2D eigenvalue weighted by Gasteiger charge is -2.49. The van der Waals surface area contributed by atoms with Gasteiger partial charge in [0.15, 0.2) is 18.3 Å². The predicted octanol–water partition coefficient (Wildman–Crippen LogP) is 7.71. The number of carbonyl (C=O) groups is 5. The molecule has 0 radical (unpaired) electrons. The van der Waals surface area contributed by atoms with E-state index < -0.39 is 92.4 Å². The largest absolute Gasteiger partial charge is 0.543 e. The number of amides is 1. The lowest BCUT2D eigenvalue weighted by Crippen LogP contribution is -2.61. The smallest absolute Gasteiger partial charge is 0.303 e. The maximum Gasteiger partial charge on any atom is 0.303 e. The van der Waals surface area contributed by atoms with Crippen molar-refractivity contribution in [3.8, 4) is 5.75 Å². The molecule has 0 bridgehead atoms. The first-order valence-electron chi connectivity index (χ1n) is 20.4. The van der Waals surface area contributed by atoms with Crippen molar-refractivity contribution in [2.24, 2.45) is 5.92 Å². The fourth-order valence-electron chi connectivity index (χ4n) is 7.30. The Kier molecular flexibility index (Phi) is 15.1. The summed E-state index contributed by atoms with van der Waals surface area (Å²) in [6, 6.07) is 16.0. The van der Waals surface area contributed by atoms with Gasteiger partial charge < -0.3 is 38.1 Å². The molecule has 2 aliphatic heterocycles. The number of aliphatic hydroxyl groups is 1. The lowest BCUT2D eigenvalue weighted by atomic mass is 9.77. The Balaban J connectivity index is 1.58. The summed E-state index contributed by atoms with van der Waals surface area (Å²) in [5, 5.41) is 10.8. The zero-order valence-corrected chi connectivity index (χ0v) is 37.4. The number of hydrogen-bond acceptors (Lipinski definition) is 12. The fourth-order valence-corrected chi connectivity index (χ4v) is 8.34. The Hall–Kier alpha value is -5.45. The van der Waals surface area contributed by atoms with Crippen molar-refractivity contribution in [1.29, 1.82) is 0 Å². The van der Waals surface area contributed by atoms with Crippen molar-refractivity contribution in [2.45, 2.75) is 122 Å². The van der Waals surface area contributed by atoms with E-state index in [4.69, 9.17) is 28.1 Å². The second-order valence-electron chi connectivity index (χ2n) is 17.1. The van der Waals surface area contributed by atoms with Crippen molar-refractivity contribution in [1.82, 2.24) is 0 Å². The van der Waals surface area contributed by atoms with Gasteiger partial charge in [-0.25, -0.2) is 8.78 Å². The van der Waals surface area contributed by atoms with Crippen LogP contribution in [0.3, 0.4) is 0 Å². The summed E-state index contributed by atoms with van der Waals surface area (Å²) in [5.41, 5.74) is 2.25. The topological polar surface area (TPSA) is 164 Å². The molecular formula is C46H55F2NO12Si. The first kappa shape index (κ1) is 47.6. The molecule has 0 spiro atoms. The van der Waals surface area contributed by atoms with E-state index in [0.717, 1.165) is 20.8 Å². The van der Waals surface area contributed by atoms with E-state index in [1.54, 1.807) is 23.1 Å². The van der Waals surface area contributed by atoms with Crippen LogP contribution in [0.5, 0.6) is 5.75 Å². The van der Waals surface area contributed by atoms with Gasteiger partial charge in [0.25, 0.3) is 0 Å². The number of rotatable bonds is 15. The van der Waals surface area contributed by atoms with Crippen LogP contribution in [0.1, 0.15) is 90.1 Å². The highest BCUT2D eigenvalue weighted by molar-refractivity contribution is 6.74. The molecule has 2 aliphatic rings.